The number of nitrogens with one attached hydrogen (secondary N) is 3. The van der Waals surface area contributed by atoms with Gasteiger partial charge < -0.3 is 21.1 Å². The number of pyridine rings is 1. The van der Waals surface area contributed by atoms with E-state index in [4.69, 9.17) is 11.5 Å². The van der Waals surface area contributed by atoms with Crippen LogP contribution in [0.15, 0.2) is 24.7 Å². The molecule has 2 aromatic rings. The molecule has 152 valence electrons. The van der Waals surface area contributed by atoms with Crippen molar-refractivity contribution < 1.29 is 9.90 Å². The fourth-order valence-electron chi connectivity index (χ4n) is 3.36. The number of carbonyl (C=O) groups is 1. The molecule has 1 fully saturated rings. The molecule has 1 aliphatic carbocycles. The highest BCUT2D eigenvalue weighted by Crippen LogP contribution is 2.26. The summed E-state index contributed by atoms with van der Waals surface area (Å²) in [5, 5.41) is 18.1. The van der Waals surface area contributed by atoms with Crippen LogP contribution in [0.4, 0.5) is 17.3 Å². The molecule has 1 aliphatic rings. The molecule has 0 spiro atoms. The van der Waals surface area contributed by atoms with Gasteiger partial charge in [0.05, 0.1) is 30.3 Å². The third-order valence-electron chi connectivity index (χ3n) is 4.91. The number of aliphatic hydroxyl groups excluding tert-OH is 1. The molecule has 1 saturated carbocycles. The summed E-state index contributed by atoms with van der Waals surface area (Å²) < 4.78 is 0. The van der Waals surface area contributed by atoms with Gasteiger partial charge in [-0.15, -0.1) is 6.42 Å². The highest BCUT2D eigenvalue weighted by Gasteiger charge is 2.17. The fraction of sp³-hybridized carbons (Fsp3) is 0.429. The Morgan fingerprint density at radius 3 is 2.62 bits per heavy atom. The maximum Gasteiger partial charge on any atom is 0.255 e. The summed E-state index contributed by atoms with van der Waals surface area (Å²) in [4.78, 5) is 25.1. The van der Waals surface area contributed by atoms with Gasteiger partial charge in [0.2, 0.25) is 0 Å². The summed E-state index contributed by atoms with van der Waals surface area (Å²) in [6.07, 6.45) is 16.1. The first kappa shape index (κ1) is 20.6. The van der Waals surface area contributed by atoms with Crippen molar-refractivity contribution in [2.24, 2.45) is 5.92 Å². The van der Waals surface area contributed by atoms with Crippen LogP contribution in [-0.2, 0) is 0 Å². The highest BCUT2D eigenvalue weighted by atomic mass is 16.3. The smallest absolute Gasteiger partial charge is 0.255 e. The lowest BCUT2D eigenvalue weighted by atomic mass is 9.89. The molecule has 0 atom stereocenters. The van der Waals surface area contributed by atoms with Crippen molar-refractivity contribution in [3.63, 3.8) is 0 Å². The first-order valence-corrected chi connectivity index (χ1v) is 9.88. The minimum Gasteiger partial charge on any atom is -0.395 e. The van der Waals surface area contributed by atoms with E-state index >= 15 is 0 Å². The van der Waals surface area contributed by atoms with E-state index in [1.807, 2.05) is 0 Å². The van der Waals surface area contributed by atoms with Crippen LogP contribution < -0.4 is 16.0 Å². The summed E-state index contributed by atoms with van der Waals surface area (Å²) in [5.74, 6) is 3.79. The summed E-state index contributed by atoms with van der Waals surface area (Å²) in [6.45, 7) is 0.883. The molecular formula is C21H26N6O2. The zero-order chi connectivity index (χ0) is 20.5. The van der Waals surface area contributed by atoms with Crippen molar-refractivity contribution in [3.8, 4) is 12.3 Å². The molecule has 3 rings (SSSR count). The van der Waals surface area contributed by atoms with Crippen molar-refractivity contribution in [2.45, 2.75) is 32.1 Å². The van der Waals surface area contributed by atoms with Gasteiger partial charge in [-0.2, -0.15) is 0 Å². The van der Waals surface area contributed by atoms with Crippen molar-refractivity contribution in [2.75, 3.05) is 30.3 Å². The molecule has 2 aromatic heterocycles. The van der Waals surface area contributed by atoms with Crippen LogP contribution in [0, 0.1) is 18.3 Å². The normalized spacial score (nSPS) is 14.1. The number of rotatable bonds is 8. The molecule has 8 nitrogen and oxygen atoms in total. The van der Waals surface area contributed by atoms with Crippen LogP contribution in [0.25, 0.3) is 0 Å². The number of aliphatic hydroxyl groups is 1. The molecule has 8 heteroatoms. The predicted molar refractivity (Wildman–Crippen MR) is 112 cm³/mol. The molecule has 2 heterocycles. The molecule has 0 unspecified atom stereocenters. The molecular weight excluding hydrogens is 368 g/mol. The number of carbonyl (C=O) groups excluding carboxylic acids is 1. The Morgan fingerprint density at radius 1 is 1.14 bits per heavy atom. The monoisotopic (exact) mass is 394 g/mol. The first-order chi connectivity index (χ1) is 14.2. The third-order valence-corrected chi connectivity index (χ3v) is 4.91. The second kappa shape index (κ2) is 10.4. The number of amides is 1. The predicted octanol–water partition coefficient (Wildman–Crippen LogP) is 2.31. The topological polar surface area (TPSA) is 112 Å². The molecule has 1 amide bonds. The van der Waals surface area contributed by atoms with E-state index in [9.17, 15) is 4.79 Å². The quantitative estimate of drug-likeness (QED) is 0.508. The van der Waals surface area contributed by atoms with E-state index in [0.29, 0.717) is 34.5 Å². The van der Waals surface area contributed by atoms with Gasteiger partial charge in [0.25, 0.3) is 5.91 Å². The Balaban J connectivity index is 1.76. The average Bonchev–Trinajstić information content (AvgIpc) is 2.77. The summed E-state index contributed by atoms with van der Waals surface area (Å²) in [6, 6.07) is 1.79. The number of nitrogens with zero attached hydrogens (tertiary/aromatic N) is 3. The van der Waals surface area contributed by atoms with E-state index in [1.54, 1.807) is 6.07 Å². The zero-order valence-corrected chi connectivity index (χ0v) is 16.3. The summed E-state index contributed by atoms with van der Waals surface area (Å²) in [7, 11) is 0. The lowest BCUT2D eigenvalue weighted by Crippen LogP contribution is -2.28. The second-order valence-electron chi connectivity index (χ2n) is 7.04. The van der Waals surface area contributed by atoms with Gasteiger partial charge in [0.15, 0.2) is 0 Å². The van der Waals surface area contributed by atoms with Gasteiger partial charge in [-0.3, -0.25) is 4.79 Å². The van der Waals surface area contributed by atoms with Crippen LogP contribution in [0.1, 0.15) is 48.2 Å². The number of terminal acetylenes is 1. The van der Waals surface area contributed by atoms with E-state index in [-0.39, 0.29) is 19.1 Å². The number of hydrogen-bond acceptors (Lipinski definition) is 7. The Kier molecular flexibility index (Phi) is 7.36. The molecule has 0 bridgehead atoms. The molecule has 0 aromatic carbocycles. The molecule has 0 radical (unpaired) electrons. The van der Waals surface area contributed by atoms with Crippen molar-refractivity contribution >= 4 is 23.2 Å². The molecule has 0 saturated heterocycles. The Morgan fingerprint density at radius 2 is 1.93 bits per heavy atom. The van der Waals surface area contributed by atoms with Crippen LogP contribution in [0.5, 0.6) is 0 Å². The minimum absolute atomic E-state index is 0.115. The van der Waals surface area contributed by atoms with Crippen LogP contribution >= 0.6 is 0 Å². The van der Waals surface area contributed by atoms with E-state index < -0.39 is 0 Å². The molecule has 4 N–H and O–H groups in total. The number of hydrogen-bond donors (Lipinski definition) is 4. The van der Waals surface area contributed by atoms with Crippen LogP contribution in [-0.4, -0.2) is 45.7 Å². The van der Waals surface area contributed by atoms with Gasteiger partial charge in [-0.25, -0.2) is 15.0 Å². The average molecular weight is 394 g/mol. The largest absolute Gasteiger partial charge is 0.395 e. The maximum absolute atomic E-state index is 12.5. The minimum atomic E-state index is -0.276. The Labute approximate surface area is 170 Å². The number of aromatic nitrogens is 3. The van der Waals surface area contributed by atoms with E-state index in [1.165, 1.54) is 50.7 Å². The van der Waals surface area contributed by atoms with E-state index in [0.717, 1.165) is 6.54 Å². The van der Waals surface area contributed by atoms with Crippen molar-refractivity contribution in [1.29, 1.82) is 0 Å². The summed E-state index contributed by atoms with van der Waals surface area (Å²) in [5.41, 5.74) is 1.58. The second-order valence-corrected chi connectivity index (χ2v) is 7.04. The first-order valence-electron chi connectivity index (χ1n) is 9.88. The Hall–Kier alpha value is -3.18. The van der Waals surface area contributed by atoms with Gasteiger partial charge in [0, 0.05) is 25.4 Å². The molecule has 0 aliphatic heterocycles. The standard InChI is InChI=1S/C21H26N6O2/c1-2-16-12-25-20(14-23-16)27-19-10-18(24-11-15-6-4-3-5-7-15)17(13-26-19)21(29)22-8-9-28/h1,10,12-15,28H,3-9,11H2,(H,22,29)(H2,24,25,26,27). The SMILES string of the molecule is C#Cc1cnc(Nc2cc(NCC3CCCCC3)c(C(=O)NCCO)cn2)cn1. The van der Waals surface area contributed by atoms with Gasteiger partial charge in [0.1, 0.15) is 17.3 Å². The molecule has 29 heavy (non-hydrogen) atoms. The van der Waals surface area contributed by atoms with Gasteiger partial charge >= 0.3 is 0 Å². The Bertz CT molecular complexity index is 856. The zero-order valence-electron chi connectivity index (χ0n) is 16.3. The van der Waals surface area contributed by atoms with Crippen molar-refractivity contribution in [3.05, 3.63) is 35.9 Å². The van der Waals surface area contributed by atoms with Crippen LogP contribution in [0.2, 0.25) is 0 Å². The number of anilines is 3. The van der Waals surface area contributed by atoms with Crippen LogP contribution in [0.3, 0.4) is 0 Å². The van der Waals surface area contributed by atoms with Gasteiger partial charge in [-0.05, 0) is 24.7 Å². The lowest BCUT2D eigenvalue weighted by molar-refractivity contribution is 0.0945. The van der Waals surface area contributed by atoms with Gasteiger partial charge in [-0.1, -0.05) is 19.3 Å². The highest BCUT2D eigenvalue weighted by molar-refractivity contribution is 5.99. The summed E-state index contributed by atoms with van der Waals surface area (Å²) >= 11 is 0. The maximum atomic E-state index is 12.5. The lowest BCUT2D eigenvalue weighted by Gasteiger charge is -2.23. The van der Waals surface area contributed by atoms with Crippen molar-refractivity contribution in [1.82, 2.24) is 20.3 Å². The fourth-order valence-corrected chi connectivity index (χ4v) is 3.36. The third kappa shape index (κ3) is 5.90. The van der Waals surface area contributed by atoms with E-state index in [2.05, 4.69) is 36.8 Å².